The van der Waals surface area contributed by atoms with Crippen LogP contribution >= 0.6 is 11.3 Å². The molecule has 2 aliphatic heterocycles. The SMILES string of the molecule is Cc1csc(=O)n1CC(=O)N1CCN(Cc2nnc3n2CCCCC3)CC1. The van der Waals surface area contributed by atoms with Crippen LogP contribution in [0.3, 0.4) is 0 Å². The third-order valence-electron chi connectivity index (χ3n) is 5.55. The summed E-state index contributed by atoms with van der Waals surface area (Å²) in [4.78, 5) is 28.5. The third-order valence-corrected chi connectivity index (χ3v) is 6.43. The fourth-order valence-corrected chi connectivity index (χ4v) is 4.58. The smallest absolute Gasteiger partial charge is 0.307 e. The number of piperazine rings is 1. The van der Waals surface area contributed by atoms with Crippen molar-refractivity contribution in [2.45, 2.75) is 52.2 Å². The van der Waals surface area contributed by atoms with Crippen molar-refractivity contribution in [1.82, 2.24) is 29.1 Å². The van der Waals surface area contributed by atoms with Crippen LogP contribution in [0.5, 0.6) is 0 Å². The fraction of sp³-hybridized carbons (Fsp3) is 0.667. The highest BCUT2D eigenvalue weighted by molar-refractivity contribution is 7.07. The first-order valence-corrected chi connectivity index (χ1v) is 10.6. The quantitative estimate of drug-likeness (QED) is 0.775. The highest BCUT2D eigenvalue weighted by Crippen LogP contribution is 2.16. The summed E-state index contributed by atoms with van der Waals surface area (Å²) in [5, 5.41) is 10.6. The number of thiazole rings is 1. The van der Waals surface area contributed by atoms with E-state index < -0.39 is 0 Å². The average Bonchev–Trinajstić information content (AvgIpc) is 3.09. The summed E-state index contributed by atoms with van der Waals surface area (Å²) >= 11 is 1.15. The van der Waals surface area contributed by atoms with Gasteiger partial charge in [-0.05, 0) is 19.8 Å². The monoisotopic (exact) mass is 390 g/mol. The molecule has 2 aromatic rings. The standard InChI is InChI=1S/C18H26N6O2S/c1-14-13-27-18(26)24(14)12-17(25)22-9-7-21(8-10-22)11-16-20-19-15-5-3-2-4-6-23(15)16/h13H,2-12H2,1H3. The van der Waals surface area contributed by atoms with Crippen LogP contribution in [0.25, 0.3) is 0 Å². The van der Waals surface area contributed by atoms with Crippen molar-refractivity contribution >= 4 is 17.2 Å². The van der Waals surface area contributed by atoms with E-state index in [1.165, 1.54) is 19.3 Å². The molecule has 0 spiro atoms. The highest BCUT2D eigenvalue weighted by Gasteiger charge is 2.24. The van der Waals surface area contributed by atoms with Crippen molar-refractivity contribution in [3.8, 4) is 0 Å². The van der Waals surface area contributed by atoms with Gasteiger partial charge in [-0.15, -0.1) is 10.2 Å². The molecule has 0 N–H and O–H groups in total. The normalized spacial score (nSPS) is 18.3. The van der Waals surface area contributed by atoms with E-state index in [9.17, 15) is 9.59 Å². The number of nitrogens with zero attached hydrogens (tertiary/aromatic N) is 6. The molecule has 9 heteroatoms. The van der Waals surface area contributed by atoms with Crippen LogP contribution in [0.4, 0.5) is 0 Å². The van der Waals surface area contributed by atoms with Gasteiger partial charge in [-0.2, -0.15) is 0 Å². The molecular formula is C18H26N6O2S. The maximum Gasteiger partial charge on any atom is 0.307 e. The van der Waals surface area contributed by atoms with Crippen molar-refractivity contribution in [3.63, 3.8) is 0 Å². The largest absolute Gasteiger partial charge is 0.339 e. The van der Waals surface area contributed by atoms with Crippen molar-refractivity contribution in [2.24, 2.45) is 0 Å². The van der Waals surface area contributed by atoms with Gasteiger partial charge in [-0.1, -0.05) is 17.8 Å². The number of carbonyl (C=O) groups excluding carboxylic acids is 1. The van der Waals surface area contributed by atoms with Gasteiger partial charge in [-0.25, -0.2) is 0 Å². The molecule has 1 fully saturated rings. The first-order valence-electron chi connectivity index (χ1n) is 9.68. The second-order valence-corrected chi connectivity index (χ2v) is 8.20. The summed E-state index contributed by atoms with van der Waals surface area (Å²) in [5.41, 5.74) is 0.851. The molecule has 4 heterocycles. The molecule has 0 bridgehead atoms. The second kappa shape index (κ2) is 7.93. The van der Waals surface area contributed by atoms with Crippen LogP contribution in [0, 0.1) is 6.92 Å². The molecule has 4 rings (SSSR count). The molecule has 0 atom stereocenters. The summed E-state index contributed by atoms with van der Waals surface area (Å²) in [7, 11) is 0. The lowest BCUT2D eigenvalue weighted by Gasteiger charge is -2.34. The van der Waals surface area contributed by atoms with Crippen molar-refractivity contribution < 1.29 is 4.79 Å². The lowest BCUT2D eigenvalue weighted by atomic mass is 10.2. The van der Waals surface area contributed by atoms with Gasteiger partial charge in [0.25, 0.3) is 0 Å². The van der Waals surface area contributed by atoms with E-state index >= 15 is 0 Å². The van der Waals surface area contributed by atoms with Crippen LogP contribution in [-0.2, 0) is 30.8 Å². The van der Waals surface area contributed by atoms with Gasteiger partial charge in [0.2, 0.25) is 5.91 Å². The molecular weight excluding hydrogens is 364 g/mol. The molecule has 0 aromatic carbocycles. The Morgan fingerprint density at radius 2 is 1.93 bits per heavy atom. The molecule has 0 radical (unpaired) electrons. The van der Waals surface area contributed by atoms with Gasteiger partial charge in [-0.3, -0.25) is 19.1 Å². The van der Waals surface area contributed by atoms with Crippen LogP contribution in [0.2, 0.25) is 0 Å². The van der Waals surface area contributed by atoms with E-state index in [-0.39, 0.29) is 17.3 Å². The first-order chi connectivity index (χ1) is 13.1. The first kappa shape index (κ1) is 18.4. The van der Waals surface area contributed by atoms with E-state index in [2.05, 4.69) is 19.7 Å². The topological polar surface area (TPSA) is 76.3 Å². The van der Waals surface area contributed by atoms with E-state index in [1.807, 2.05) is 11.8 Å². The molecule has 1 saturated heterocycles. The Bertz CT molecular complexity index is 862. The van der Waals surface area contributed by atoms with Crippen molar-refractivity contribution in [2.75, 3.05) is 26.2 Å². The molecule has 0 aliphatic carbocycles. The predicted octanol–water partition coefficient (Wildman–Crippen LogP) is 0.881. The summed E-state index contributed by atoms with van der Waals surface area (Å²) in [6.45, 7) is 6.85. The Morgan fingerprint density at radius 3 is 2.67 bits per heavy atom. The minimum Gasteiger partial charge on any atom is -0.339 e. The van der Waals surface area contributed by atoms with Crippen LogP contribution in [0.1, 0.15) is 36.6 Å². The second-order valence-electron chi connectivity index (χ2n) is 7.38. The van der Waals surface area contributed by atoms with Gasteiger partial charge in [0.15, 0.2) is 0 Å². The molecule has 27 heavy (non-hydrogen) atoms. The molecule has 0 saturated carbocycles. The molecule has 146 valence electrons. The van der Waals surface area contributed by atoms with Crippen molar-refractivity contribution in [1.29, 1.82) is 0 Å². The number of amides is 1. The maximum absolute atomic E-state index is 12.5. The maximum atomic E-state index is 12.5. The Kier molecular flexibility index (Phi) is 5.40. The van der Waals surface area contributed by atoms with Crippen LogP contribution < -0.4 is 4.87 Å². The van der Waals surface area contributed by atoms with E-state index in [0.29, 0.717) is 13.1 Å². The number of rotatable bonds is 4. The van der Waals surface area contributed by atoms with Crippen LogP contribution in [0.15, 0.2) is 10.2 Å². The number of hydrogen-bond acceptors (Lipinski definition) is 6. The van der Waals surface area contributed by atoms with Gasteiger partial charge >= 0.3 is 4.87 Å². The Morgan fingerprint density at radius 1 is 1.11 bits per heavy atom. The third kappa shape index (κ3) is 3.98. The molecule has 2 aromatic heterocycles. The molecule has 0 unspecified atom stereocenters. The average molecular weight is 391 g/mol. The Balaban J connectivity index is 1.32. The molecule has 8 nitrogen and oxygen atoms in total. The molecule has 2 aliphatic rings. The lowest BCUT2D eigenvalue weighted by molar-refractivity contribution is -0.133. The van der Waals surface area contributed by atoms with Gasteiger partial charge in [0, 0.05) is 50.2 Å². The number of aromatic nitrogens is 4. The zero-order valence-corrected chi connectivity index (χ0v) is 16.6. The fourth-order valence-electron chi connectivity index (χ4n) is 3.85. The zero-order chi connectivity index (χ0) is 18.8. The van der Waals surface area contributed by atoms with E-state index in [4.69, 9.17) is 0 Å². The number of aryl methyl sites for hydroxylation is 2. The minimum atomic E-state index is -0.0630. The zero-order valence-electron chi connectivity index (χ0n) is 15.8. The minimum absolute atomic E-state index is 0.0228. The highest BCUT2D eigenvalue weighted by atomic mass is 32.1. The van der Waals surface area contributed by atoms with Gasteiger partial charge < -0.3 is 9.47 Å². The van der Waals surface area contributed by atoms with Crippen LogP contribution in [-0.4, -0.2) is 61.2 Å². The Hall–Kier alpha value is -2.00. The van der Waals surface area contributed by atoms with E-state index in [0.717, 1.165) is 61.3 Å². The van der Waals surface area contributed by atoms with Crippen molar-refractivity contribution in [3.05, 3.63) is 32.4 Å². The lowest BCUT2D eigenvalue weighted by Crippen LogP contribution is -2.49. The molecule has 1 amide bonds. The predicted molar refractivity (Wildman–Crippen MR) is 103 cm³/mol. The van der Waals surface area contributed by atoms with Gasteiger partial charge in [0.1, 0.15) is 18.2 Å². The number of fused-ring (bicyclic) bond motifs is 1. The van der Waals surface area contributed by atoms with Gasteiger partial charge in [0.05, 0.1) is 6.54 Å². The summed E-state index contributed by atoms with van der Waals surface area (Å²) in [6.07, 6.45) is 4.68. The summed E-state index contributed by atoms with van der Waals surface area (Å²) in [6, 6.07) is 0. The Labute approximate surface area is 162 Å². The number of hydrogen-bond donors (Lipinski definition) is 0. The van der Waals surface area contributed by atoms with E-state index in [1.54, 1.807) is 9.95 Å². The number of carbonyl (C=O) groups is 1. The summed E-state index contributed by atoms with van der Waals surface area (Å²) in [5.74, 6) is 2.19. The summed E-state index contributed by atoms with van der Waals surface area (Å²) < 4.78 is 3.85.